The van der Waals surface area contributed by atoms with Crippen molar-refractivity contribution in [2.24, 2.45) is 4.99 Å². The number of carbonyl (C=O) groups is 2. The van der Waals surface area contributed by atoms with Crippen LogP contribution in [0.2, 0.25) is 0 Å². The summed E-state index contributed by atoms with van der Waals surface area (Å²) in [5.41, 5.74) is 0. The summed E-state index contributed by atoms with van der Waals surface area (Å²) in [6.07, 6.45) is -4.45. The number of hydrogen-bond acceptors (Lipinski definition) is 3. The van der Waals surface area contributed by atoms with E-state index in [1.54, 1.807) is 16.8 Å². The molecule has 7 nitrogen and oxygen atoms in total. The number of nitrogens with zero attached hydrogens (tertiary/aromatic N) is 4. The Hall–Kier alpha value is -2.00. The van der Waals surface area contributed by atoms with E-state index in [1.165, 1.54) is 0 Å². The van der Waals surface area contributed by atoms with E-state index in [0.29, 0.717) is 24.5 Å². The van der Waals surface area contributed by atoms with E-state index in [2.05, 4.69) is 10.3 Å². The fourth-order valence-corrected chi connectivity index (χ4v) is 2.04. The van der Waals surface area contributed by atoms with E-state index >= 15 is 0 Å². The lowest BCUT2D eigenvalue weighted by Crippen LogP contribution is -2.46. The molecule has 0 aromatic heterocycles. The average Bonchev–Trinajstić information content (AvgIpc) is 2.50. The van der Waals surface area contributed by atoms with E-state index in [9.17, 15) is 22.8 Å². The van der Waals surface area contributed by atoms with Crippen LogP contribution in [0.4, 0.5) is 13.2 Å². The summed E-state index contributed by atoms with van der Waals surface area (Å²) in [7, 11) is 2.71. The van der Waals surface area contributed by atoms with Crippen molar-refractivity contribution in [2.45, 2.75) is 26.9 Å². The smallest absolute Gasteiger partial charge is 0.356 e. The molecule has 1 N–H and O–H groups in total. The van der Waals surface area contributed by atoms with Gasteiger partial charge in [-0.15, -0.1) is 0 Å². The van der Waals surface area contributed by atoms with Crippen LogP contribution in [-0.4, -0.2) is 92.0 Å². The molecule has 25 heavy (non-hydrogen) atoms. The number of hydrogen-bond donors (Lipinski definition) is 1. The highest BCUT2D eigenvalue weighted by Crippen LogP contribution is 2.15. The summed E-state index contributed by atoms with van der Waals surface area (Å²) in [5, 5.41) is 2.92. The third kappa shape index (κ3) is 9.16. The molecule has 0 unspecified atom stereocenters. The first-order chi connectivity index (χ1) is 11.6. The first-order valence-electron chi connectivity index (χ1n) is 8.13. The summed E-state index contributed by atoms with van der Waals surface area (Å²) in [4.78, 5) is 31.7. The van der Waals surface area contributed by atoms with Crippen molar-refractivity contribution in [1.29, 1.82) is 0 Å². The summed E-state index contributed by atoms with van der Waals surface area (Å²) in [5.74, 6) is -0.563. The number of alkyl halides is 3. The van der Waals surface area contributed by atoms with Gasteiger partial charge in [-0.3, -0.25) is 9.59 Å². The molecule has 0 aliphatic rings. The fraction of sp³-hybridized carbons (Fsp3) is 0.800. The van der Waals surface area contributed by atoms with Crippen LogP contribution in [0.1, 0.15) is 20.8 Å². The van der Waals surface area contributed by atoms with Gasteiger partial charge in [-0.05, 0) is 20.8 Å². The zero-order valence-corrected chi connectivity index (χ0v) is 15.5. The summed E-state index contributed by atoms with van der Waals surface area (Å²) < 4.78 is 36.9. The van der Waals surface area contributed by atoms with Crippen LogP contribution in [0.25, 0.3) is 0 Å². The Morgan fingerprint density at radius 2 is 1.56 bits per heavy atom. The molecule has 0 fully saturated rings. The Labute approximate surface area is 146 Å². The van der Waals surface area contributed by atoms with Crippen molar-refractivity contribution in [1.82, 2.24) is 20.0 Å². The van der Waals surface area contributed by atoms with Crippen molar-refractivity contribution in [3.63, 3.8) is 0 Å². The van der Waals surface area contributed by atoms with Crippen molar-refractivity contribution in [2.75, 3.05) is 53.4 Å². The van der Waals surface area contributed by atoms with E-state index in [0.717, 1.165) is 7.05 Å². The maximum Gasteiger partial charge on any atom is 0.406 e. The number of nitrogens with one attached hydrogen (secondary N) is 1. The molecule has 0 bridgehead atoms. The molecule has 0 radical (unpaired) electrons. The molecule has 0 heterocycles. The standard InChI is InChI=1S/C15H28F3N5O2/c1-6-19-14(21(4)10-13(25)23(7-2)8-3)20-9-12(24)22(5)11-15(16,17)18/h6-11H2,1-5H3,(H,19,20). The topological polar surface area (TPSA) is 68.2 Å². The van der Waals surface area contributed by atoms with E-state index in [-0.39, 0.29) is 18.4 Å². The van der Waals surface area contributed by atoms with Crippen molar-refractivity contribution >= 4 is 17.8 Å². The zero-order chi connectivity index (χ0) is 19.6. The average molecular weight is 367 g/mol. The third-order valence-corrected chi connectivity index (χ3v) is 3.39. The lowest BCUT2D eigenvalue weighted by molar-refractivity contribution is -0.157. The van der Waals surface area contributed by atoms with Crippen LogP contribution in [0.3, 0.4) is 0 Å². The van der Waals surface area contributed by atoms with Gasteiger partial charge in [-0.1, -0.05) is 0 Å². The van der Waals surface area contributed by atoms with Gasteiger partial charge in [0.2, 0.25) is 11.8 Å². The first-order valence-corrected chi connectivity index (χ1v) is 8.13. The zero-order valence-electron chi connectivity index (χ0n) is 15.5. The molecule has 0 aliphatic carbocycles. The van der Waals surface area contributed by atoms with Crippen molar-refractivity contribution < 1.29 is 22.8 Å². The SMILES string of the molecule is CCNC(=NCC(=O)N(C)CC(F)(F)F)N(C)CC(=O)N(CC)CC. The first kappa shape index (κ1) is 23.0. The molecule has 0 spiro atoms. The van der Waals surface area contributed by atoms with Gasteiger partial charge in [0.15, 0.2) is 5.96 Å². The number of halogens is 3. The van der Waals surface area contributed by atoms with E-state index in [1.807, 2.05) is 20.8 Å². The maximum absolute atomic E-state index is 12.3. The molecule has 10 heteroatoms. The predicted octanol–water partition coefficient (Wildman–Crippen LogP) is 0.773. The number of aliphatic imine (C=N–C) groups is 1. The fourth-order valence-electron chi connectivity index (χ4n) is 2.04. The van der Waals surface area contributed by atoms with Gasteiger partial charge < -0.3 is 20.0 Å². The Bertz CT molecular complexity index is 465. The highest BCUT2D eigenvalue weighted by Gasteiger charge is 2.31. The molecule has 0 aliphatic heterocycles. The van der Waals surface area contributed by atoms with E-state index in [4.69, 9.17) is 0 Å². The maximum atomic E-state index is 12.3. The van der Waals surface area contributed by atoms with Crippen LogP contribution < -0.4 is 5.32 Å². The lowest BCUT2D eigenvalue weighted by atomic mass is 10.4. The van der Waals surface area contributed by atoms with E-state index < -0.39 is 25.2 Å². The number of guanidine groups is 1. The van der Waals surface area contributed by atoms with Crippen molar-refractivity contribution in [3.05, 3.63) is 0 Å². The Morgan fingerprint density at radius 3 is 2.00 bits per heavy atom. The molecule has 2 amide bonds. The minimum absolute atomic E-state index is 0.0556. The summed E-state index contributed by atoms with van der Waals surface area (Å²) in [6.45, 7) is 5.51. The number of rotatable bonds is 8. The van der Waals surface area contributed by atoms with Crippen LogP contribution in [0, 0.1) is 0 Å². The van der Waals surface area contributed by atoms with Gasteiger partial charge in [0, 0.05) is 33.7 Å². The third-order valence-electron chi connectivity index (χ3n) is 3.39. The van der Waals surface area contributed by atoms with Crippen LogP contribution in [-0.2, 0) is 9.59 Å². The minimum Gasteiger partial charge on any atom is -0.356 e. The molecule has 0 aromatic rings. The molecular formula is C15H28F3N5O2. The predicted molar refractivity (Wildman–Crippen MR) is 90.2 cm³/mol. The van der Waals surface area contributed by atoms with Crippen LogP contribution >= 0.6 is 0 Å². The Kier molecular flexibility index (Phi) is 9.92. The molecule has 0 aromatic carbocycles. The second kappa shape index (κ2) is 10.8. The molecular weight excluding hydrogens is 339 g/mol. The number of likely N-dealkylation sites (N-methyl/N-ethyl adjacent to an activating group) is 3. The van der Waals surface area contributed by atoms with Gasteiger partial charge in [0.05, 0.1) is 6.54 Å². The van der Waals surface area contributed by atoms with Gasteiger partial charge in [-0.2, -0.15) is 13.2 Å². The summed E-state index contributed by atoms with van der Waals surface area (Å²) >= 11 is 0. The Morgan fingerprint density at radius 1 is 1.00 bits per heavy atom. The quantitative estimate of drug-likeness (QED) is 0.508. The van der Waals surface area contributed by atoms with Gasteiger partial charge in [0.25, 0.3) is 0 Å². The van der Waals surface area contributed by atoms with Crippen LogP contribution in [0.5, 0.6) is 0 Å². The Balaban J connectivity index is 4.88. The monoisotopic (exact) mass is 367 g/mol. The summed E-state index contributed by atoms with van der Waals surface area (Å²) in [6, 6.07) is 0. The van der Waals surface area contributed by atoms with Crippen LogP contribution in [0.15, 0.2) is 4.99 Å². The van der Waals surface area contributed by atoms with Gasteiger partial charge in [0.1, 0.15) is 13.1 Å². The molecule has 0 rings (SSSR count). The largest absolute Gasteiger partial charge is 0.406 e. The second-order valence-electron chi connectivity index (χ2n) is 5.46. The van der Waals surface area contributed by atoms with Gasteiger partial charge >= 0.3 is 6.18 Å². The molecule has 0 atom stereocenters. The molecule has 146 valence electrons. The van der Waals surface area contributed by atoms with Crippen molar-refractivity contribution in [3.8, 4) is 0 Å². The highest BCUT2D eigenvalue weighted by molar-refractivity contribution is 5.88. The highest BCUT2D eigenvalue weighted by atomic mass is 19.4. The number of amides is 2. The molecule has 0 saturated carbocycles. The number of carbonyl (C=O) groups excluding carboxylic acids is 2. The normalized spacial score (nSPS) is 11.9. The second-order valence-corrected chi connectivity index (χ2v) is 5.46. The van der Waals surface area contributed by atoms with Gasteiger partial charge in [-0.25, -0.2) is 4.99 Å². The molecule has 0 saturated heterocycles. The minimum atomic E-state index is -4.45. The lowest BCUT2D eigenvalue weighted by Gasteiger charge is -2.26.